The summed E-state index contributed by atoms with van der Waals surface area (Å²) in [5.41, 5.74) is 0.863. The van der Waals surface area contributed by atoms with Crippen molar-refractivity contribution < 1.29 is 19.0 Å². The number of hydrogen-bond donors (Lipinski definition) is 1. The lowest BCUT2D eigenvalue weighted by Crippen LogP contribution is -2.08. The van der Waals surface area contributed by atoms with Crippen LogP contribution in [0.3, 0.4) is 0 Å². The van der Waals surface area contributed by atoms with E-state index in [0.717, 1.165) is 0 Å². The SMILES string of the molecule is COCOc1cccnc1C(O)c1ccc(F)c(Br)c1. The molecule has 1 N–H and O–H groups in total. The van der Waals surface area contributed by atoms with Crippen molar-refractivity contribution in [3.63, 3.8) is 0 Å². The van der Waals surface area contributed by atoms with Gasteiger partial charge in [0.05, 0.1) is 4.47 Å². The summed E-state index contributed by atoms with van der Waals surface area (Å²) in [5.74, 6) is 0.0279. The molecule has 1 aromatic carbocycles. The van der Waals surface area contributed by atoms with E-state index in [-0.39, 0.29) is 11.3 Å². The predicted octanol–water partition coefficient (Wildman–Crippen LogP) is 3.05. The Balaban J connectivity index is 2.32. The fourth-order valence-corrected chi connectivity index (χ4v) is 2.09. The van der Waals surface area contributed by atoms with Gasteiger partial charge in [0, 0.05) is 13.3 Å². The Morgan fingerprint density at radius 3 is 2.90 bits per heavy atom. The van der Waals surface area contributed by atoms with Gasteiger partial charge in [-0.25, -0.2) is 4.39 Å². The lowest BCUT2D eigenvalue weighted by atomic mass is 10.1. The van der Waals surface area contributed by atoms with E-state index in [1.807, 2.05) is 0 Å². The molecule has 1 atom stereocenters. The van der Waals surface area contributed by atoms with Crippen molar-refractivity contribution in [1.29, 1.82) is 0 Å². The molecule has 2 rings (SSSR count). The van der Waals surface area contributed by atoms with Crippen LogP contribution in [-0.2, 0) is 4.74 Å². The van der Waals surface area contributed by atoms with Gasteiger partial charge in [-0.05, 0) is 45.8 Å². The van der Waals surface area contributed by atoms with Crippen molar-refractivity contribution in [3.05, 3.63) is 58.1 Å². The minimum Gasteiger partial charge on any atom is -0.466 e. The second-order valence-corrected chi connectivity index (χ2v) is 4.87. The normalized spacial score (nSPS) is 12.2. The van der Waals surface area contributed by atoms with Gasteiger partial charge in [-0.3, -0.25) is 4.98 Å². The fourth-order valence-electron chi connectivity index (χ4n) is 1.69. The van der Waals surface area contributed by atoms with Crippen molar-refractivity contribution in [2.75, 3.05) is 13.9 Å². The summed E-state index contributed by atoms with van der Waals surface area (Å²) in [7, 11) is 1.50. The summed E-state index contributed by atoms with van der Waals surface area (Å²) in [6.07, 6.45) is 0.538. The molecule has 4 nitrogen and oxygen atoms in total. The Bertz CT molecular complexity index is 594. The van der Waals surface area contributed by atoms with Gasteiger partial charge in [0.15, 0.2) is 6.79 Å². The van der Waals surface area contributed by atoms with Crippen LogP contribution >= 0.6 is 15.9 Å². The Labute approximate surface area is 124 Å². The molecule has 1 aromatic heterocycles. The number of aliphatic hydroxyl groups is 1. The maximum atomic E-state index is 13.2. The number of ether oxygens (including phenoxy) is 2. The predicted molar refractivity (Wildman–Crippen MR) is 74.9 cm³/mol. The van der Waals surface area contributed by atoms with Crippen LogP contribution in [0.1, 0.15) is 17.4 Å². The standard InChI is InChI=1S/C14H13BrFNO3/c1-19-8-20-12-3-2-6-17-13(12)14(18)9-4-5-11(16)10(15)7-9/h2-7,14,18H,8H2,1H3. The number of aliphatic hydroxyl groups excluding tert-OH is 1. The van der Waals surface area contributed by atoms with Crippen LogP contribution < -0.4 is 4.74 Å². The van der Waals surface area contributed by atoms with Crippen LogP contribution in [-0.4, -0.2) is 24.0 Å². The van der Waals surface area contributed by atoms with E-state index < -0.39 is 11.9 Å². The first-order chi connectivity index (χ1) is 9.63. The number of nitrogens with zero attached hydrogens (tertiary/aromatic N) is 1. The van der Waals surface area contributed by atoms with Crippen LogP contribution in [0.2, 0.25) is 0 Å². The maximum absolute atomic E-state index is 13.2. The quantitative estimate of drug-likeness (QED) is 0.849. The Kier molecular flexibility index (Phi) is 5.05. The molecule has 20 heavy (non-hydrogen) atoms. The number of benzene rings is 1. The first-order valence-corrected chi connectivity index (χ1v) is 6.62. The molecular formula is C14H13BrFNO3. The molecule has 0 saturated heterocycles. The average molecular weight is 342 g/mol. The molecule has 2 aromatic rings. The molecule has 0 fully saturated rings. The number of hydrogen-bond acceptors (Lipinski definition) is 4. The molecule has 0 bridgehead atoms. The van der Waals surface area contributed by atoms with Crippen LogP contribution in [0.25, 0.3) is 0 Å². The summed E-state index contributed by atoms with van der Waals surface area (Å²) >= 11 is 3.09. The van der Waals surface area contributed by atoms with E-state index in [2.05, 4.69) is 20.9 Å². The molecule has 0 aliphatic rings. The maximum Gasteiger partial charge on any atom is 0.188 e. The number of rotatable bonds is 5. The van der Waals surface area contributed by atoms with Gasteiger partial charge in [0.1, 0.15) is 23.4 Å². The number of methoxy groups -OCH3 is 1. The molecule has 0 spiro atoms. The third-order valence-electron chi connectivity index (χ3n) is 2.65. The van der Waals surface area contributed by atoms with Crippen molar-refractivity contribution in [3.8, 4) is 5.75 Å². The second kappa shape index (κ2) is 6.78. The highest BCUT2D eigenvalue weighted by atomic mass is 79.9. The highest BCUT2D eigenvalue weighted by Gasteiger charge is 2.18. The molecule has 1 unspecified atom stereocenters. The third kappa shape index (κ3) is 3.33. The molecule has 0 radical (unpaired) electrons. The van der Waals surface area contributed by atoms with Gasteiger partial charge in [-0.1, -0.05) is 6.07 Å². The van der Waals surface area contributed by atoms with Gasteiger partial charge >= 0.3 is 0 Å². The van der Waals surface area contributed by atoms with Crippen LogP contribution in [0.15, 0.2) is 41.0 Å². The van der Waals surface area contributed by atoms with Gasteiger partial charge in [-0.2, -0.15) is 0 Å². The van der Waals surface area contributed by atoms with Crippen LogP contribution in [0.5, 0.6) is 5.75 Å². The summed E-state index contributed by atoms with van der Waals surface area (Å²) in [6, 6.07) is 7.67. The Morgan fingerprint density at radius 2 is 2.20 bits per heavy atom. The van der Waals surface area contributed by atoms with Crippen molar-refractivity contribution in [2.24, 2.45) is 0 Å². The highest BCUT2D eigenvalue weighted by Crippen LogP contribution is 2.30. The number of pyridine rings is 1. The summed E-state index contributed by atoms with van der Waals surface area (Å²) in [5, 5.41) is 10.4. The van der Waals surface area contributed by atoms with Crippen LogP contribution in [0, 0.1) is 5.82 Å². The van der Waals surface area contributed by atoms with Crippen molar-refractivity contribution >= 4 is 15.9 Å². The van der Waals surface area contributed by atoms with E-state index in [1.54, 1.807) is 18.3 Å². The zero-order valence-corrected chi connectivity index (χ0v) is 12.3. The van der Waals surface area contributed by atoms with E-state index in [4.69, 9.17) is 9.47 Å². The lowest BCUT2D eigenvalue weighted by Gasteiger charge is -2.15. The Morgan fingerprint density at radius 1 is 1.40 bits per heavy atom. The number of aromatic nitrogens is 1. The molecule has 6 heteroatoms. The highest BCUT2D eigenvalue weighted by molar-refractivity contribution is 9.10. The average Bonchev–Trinajstić information content (AvgIpc) is 2.47. The molecule has 0 aliphatic heterocycles. The van der Waals surface area contributed by atoms with Gasteiger partial charge in [0.2, 0.25) is 0 Å². The third-order valence-corrected chi connectivity index (χ3v) is 3.26. The molecule has 0 amide bonds. The van der Waals surface area contributed by atoms with Gasteiger partial charge < -0.3 is 14.6 Å². The number of halogens is 2. The first-order valence-electron chi connectivity index (χ1n) is 5.83. The first kappa shape index (κ1) is 14.9. The van der Waals surface area contributed by atoms with Crippen molar-refractivity contribution in [2.45, 2.75) is 6.10 Å². The van der Waals surface area contributed by atoms with E-state index >= 15 is 0 Å². The molecule has 0 aliphatic carbocycles. The minimum absolute atomic E-state index is 0.0541. The summed E-state index contributed by atoms with van der Waals surface area (Å²) in [6.45, 7) is 0.0541. The zero-order valence-electron chi connectivity index (χ0n) is 10.7. The van der Waals surface area contributed by atoms with Gasteiger partial charge in [0.25, 0.3) is 0 Å². The molecular weight excluding hydrogens is 329 g/mol. The minimum atomic E-state index is -1.01. The fraction of sp³-hybridized carbons (Fsp3) is 0.214. The second-order valence-electron chi connectivity index (χ2n) is 4.01. The lowest BCUT2D eigenvalue weighted by molar-refractivity contribution is 0.0482. The van der Waals surface area contributed by atoms with E-state index in [9.17, 15) is 9.50 Å². The topological polar surface area (TPSA) is 51.6 Å². The Hall–Kier alpha value is -1.50. The smallest absolute Gasteiger partial charge is 0.188 e. The molecule has 106 valence electrons. The largest absolute Gasteiger partial charge is 0.466 e. The van der Waals surface area contributed by atoms with Crippen LogP contribution in [0.4, 0.5) is 4.39 Å². The van der Waals surface area contributed by atoms with Crippen molar-refractivity contribution in [1.82, 2.24) is 4.98 Å². The monoisotopic (exact) mass is 341 g/mol. The van der Waals surface area contributed by atoms with Gasteiger partial charge in [-0.15, -0.1) is 0 Å². The summed E-state index contributed by atoms with van der Waals surface area (Å²) in [4.78, 5) is 4.12. The molecule has 1 heterocycles. The zero-order chi connectivity index (χ0) is 14.5. The van der Waals surface area contributed by atoms with E-state index in [1.165, 1.54) is 25.3 Å². The molecule has 0 saturated carbocycles. The summed E-state index contributed by atoms with van der Waals surface area (Å²) < 4.78 is 23.7. The van der Waals surface area contributed by atoms with E-state index in [0.29, 0.717) is 17.0 Å².